The summed E-state index contributed by atoms with van der Waals surface area (Å²) >= 11 is 0. The lowest BCUT2D eigenvalue weighted by molar-refractivity contribution is -0.122. The number of hydrogen-bond acceptors (Lipinski definition) is 3. The summed E-state index contributed by atoms with van der Waals surface area (Å²) in [5.41, 5.74) is 2.67. The van der Waals surface area contributed by atoms with Gasteiger partial charge in [0, 0.05) is 6.21 Å². The monoisotopic (exact) mass is 251 g/mol. The highest BCUT2D eigenvalue weighted by Gasteiger charge is 2.14. The van der Waals surface area contributed by atoms with Gasteiger partial charge in [-0.25, -0.2) is 5.43 Å². The van der Waals surface area contributed by atoms with E-state index in [2.05, 4.69) is 15.4 Å². The second-order valence-corrected chi connectivity index (χ2v) is 5.55. The molecule has 0 radical (unpaired) electrons. The van der Waals surface area contributed by atoms with Gasteiger partial charge in [0.05, 0.1) is 6.54 Å². The van der Waals surface area contributed by atoms with E-state index in [9.17, 15) is 4.79 Å². The van der Waals surface area contributed by atoms with Crippen LogP contribution in [0.4, 0.5) is 0 Å². The number of likely N-dealkylation sites (tertiary alicyclic amines) is 1. The summed E-state index contributed by atoms with van der Waals surface area (Å²) in [7, 11) is 0. The minimum absolute atomic E-state index is 0.0314. The van der Waals surface area contributed by atoms with Crippen molar-refractivity contribution in [1.82, 2.24) is 10.3 Å². The zero-order chi connectivity index (χ0) is 12.6. The van der Waals surface area contributed by atoms with Gasteiger partial charge in [0.2, 0.25) is 0 Å². The van der Waals surface area contributed by atoms with Crippen LogP contribution in [0, 0.1) is 5.92 Å². The normalized spacial score (nSPS) is 23.3. The van der Waals surface area contributed by atoms with Crippen LogP contribution < -0.4 is 5.43 Å². The molecule has 2 aliphatic rings. The summed E-state index contributed by atoms with van der Waals surface area (Å²) in [6.45, 7) is 2.61. The van der Waals surface area contributed by atoms with Crippen LogP contribution in [0.1, 0.15) is 51.4 Å². The first-order chi connectivity index (χ1) is 8.84. The van der Waals surface area contributed by atoms with Crippen LogP contribution in [0.5, 0.6) is 0 Å². The average molecular weight is 251 g/mol. The maximum Gasteiger partial charge on any atom is 0.254 e. The van der Waals surface area contributed by atoms with Crippen molar-refractivity contribution >= 4 is 12.1 Å². The van der Waals surface area contributed by atoms with Crippen molar-refractivity contribution in [3.63, 3.8) is 0 Å². The summed E-state index contributed by atoms with van der Waals surface area (Å²) in [5.74, 6) is 0.609. The first-order valence-corrected chi connectivity index (χ1v) is 7.39. The quantitative estimate of drug-likeness (QED) is 0.614. The molecule has 4 heteroatoms. The molecule has 0 aromatic heterocycles. The van der Waals surface area contributed by atoms with E-state index in [1.54, 1.807) is 0 Å². The maximum absolute atomic E-state index is 11.7. The minimum Gasteiger partial charge on any atom is -0.294 e. The number of hydrogen-bond donors (Lipinski definition) is 1. The zero-order valence-electron chi connectivity index (χ0n) is 11.2. The van der Waals surface area contributed by atoms with Crippen molar-refractivity contribution in [1.29, 1.82) is 0 Å². The molecule has 0 spiro atoms. The van der Waals surface area contributed by atoms with Crippen LogP contribution in [0.15, 0.2) is 5.10 Å². The molecule has 4 nitrogen and oxygen atoms in total. The predicted molar refractivity (Wildman–Crippen MR) is 73.5 cm³/mol. The summed E-state index contributed by atoms with van der Waals surface area (Å²) in [6, 6.07) is 0. The molecule has 1 saturated carbocycles. The summed E-state index contributed by atoms with van der Waals surface area (Å²) in [6.07, 6.45) is 12.1. The van der Waals surface area contributed by atoms with Gasteiger partial charge in [-0.2, -0.15) is 5.10 Å². The average Bonchev–Trinajstić information content (AvgIpc) is 2.41. The van der Waals surface area contributed by atoms with E-state index < -0.39 is 0 Å². The highest BCUT2D eigenvalue weighted by molar-refractivity contribution is 5.78. The van der Waals surface area contributed by atoms with Gasteiger partial charge < -0.3 is 0 Å². The zero-order valence-corrected chi connectivity index (χ0v) is 11.2. The topological polar surface area (TPSA) is 44.7 Å². The van der Waals surface area contributed by atoms with E-state index >= 15 is 0 Å². The molecule has 18 heavy (non-hydrogen) atoms. The van der Waals surface area contributed by atoms with Gasteiger partial charge >= 0.3 is 0 Å². The van der Waals surface area contributed by atoms with E-state index in [0.29, 0.717) is 12.5 Å². The molecular formula is C14H25N3O. The SMILES string of the molecule is O=C(CN1CCCCC1)N/N=C\C1CCCCC1. The largest absolute Gasteiger partial charge is 0.294 e. The van der Waals surface area contributed by atoms with Crippen molar-refractivity contribution in [2.75, 3.05) is 19.6 Å². The standard InChI is InChI=1S/C14H25N3O/c18-14(12-17-9-5-2-6-10-17)16-15-11-13-7-3-1-4-8-13/h11,13H,1-10,12H2,(H,16,18)/b15-11-. The first kappa shape index (κ1) is 13.5. The lowest BCUT2D eigenvalue weighted by Gasteiger charge is -2.25. The highest BCUT2D eigenvalue weighted by Crippen LogP contribution is 2.21. The van der Waals surface area contributed by atoms with Gasteiger partial charge in [-0.1, -0.05) is 25.7 Å². The van der Waals surface area contributed by atoms with Gasteiger partial charge in [0.15, 0.2) is 0 Å². The molecule has 0 atom stereocenters. The number of amides is 1. The third-order valence-electron chi connectivity index (χ3n) is 3.94. The Morgan fingerprint density at radius 1 is 1.11 bits per heavy atom. The molecular weight excluding hydrogens is 226 g/mol. The second-order valence-electron chi connectivity index (χ2n) is 5.55. The molecule has 1 amide bonds. The molecule has 0 bridgehead atoms. The Labute approximate surface area is 110 Å². The van der Waals surface area contributed by atoms with Crippen LogP contribution in [0.25, 0.3) is 0 Å². The third kappa shape index (κ3) is 4.77. The number of nitrogens with one attached hydrogen (secondary N) is 1. The molecule has 1 heterocycles. The summed E-state index contributed by atoms with van der Waals surface area (Å²) in [5, 5.41) is 4.11. The lowest BCUT2D eigenvalue weighted by atomic mass is 9.90. The van der Waals surface area contributed by atoms with E-state index in [0.717, 1.165) is 13.1 Å². The van der Waals surface area contributed by atoms with Crippen LogP contribution in [0.3, 0.4) is 0 Å². The number of rotatable bonds is 4. The molecule has 0 aromatic carbocycles. The van der Waals surface area contributed by atoms with Gasteiger partial charge in [-0.15, -0.1) is 0 Å². The Morgan fingerprint density at radius 3 is 2.50 bits per heavy atom. The van der Waals surface area contributed by atoms with Crippen molar-refractivity contribution in [2.45, 2.75) is 51.4 Å². The fraction of sp³-hybridized carbons (Fsp3) is 0.857. The lowest BCUT2D eigenvalue weighted by Crippen LogP contribution is -2.38. The fourth-order valence-corrected chi connectivity index (χ4v) is 2.85. The molecule has 102 valence electrons. The number of piperidine rings is 1. The van der Waals surface area contributed by atoms with E-state index in [1.807, 2.05) is 6.21 Å². The Kier molecular flexibility index (Phi) is 5.65. The van der Waals surface area contributed by atoms with Crippen molar-refractivity contribution < 1.29 is 4.79 Å². The Bertz CT molecular complexity index is 279. The molecule has 0 aromatic rings. The summed E-state index contributed by atoms with van der Waals surface area (Å²) in [4.78, 5) is 13.9. The Morgan fingerprint density at radius 2 is 1.78 bits per heavy atom. The number of carbonyl (C=O) groups excluding carboxylic acids is 1. The van der Waals surface area contributed by atoms with E-state index in [4.69, 9.17) is 0 Å². The molecule has 2 fully saturated rings. The Hall–Kier alpha value is -0.900. The van der Waals surface area contributed by atoms with Gasteiger partial charge in [-0.05, 0) is 44.7 Å². The molecule has 1 aliphatic carbocycles. The van der Waals surface area contributed by atoms with E-state index in [-0.39, 0.29) is 5.91 Å². The van der Waals surface area contributed by atoms with Crippen molar-refractivity contribution in [2.24, 2.45) is 11.0 Å². The number of hydrazone groups is 1. The first-order valence-electron chi connectivity index (χ1n) is 7.39. The van der Waals surface area contributed by atoms with Crippen LogP contribution in [-0.4, -0.2) is 36.7 Å². The maximum atomic E-state index is 11.7. The second kappa shape index (κ2) is 7.52. The number of nitrogens with zero attached hydrogens (tertiary/aromatic N) is 2. The van der Waals surface area contributed by atoms with Crippen LogP contribution >= 0.6 is 0 Å². The van der Waals surface area contributed by atoms with E-state index in [1.165, 1.54) is 51.4 Å². The minimum atomic E-state index is 0.0314. The van der Waals surface area contributed by atoms with Gasteiger partial charge in [0.25, 0.3) is 5.91 Å². The fourth-order valence-electron chi connectivity index (χ4n) is 2.85. The molecule has 2 rings (SSSR count). The predicted octanol–water partition coefficient (Wildman–Crippen LogP) is 2.15. The van der Waals surface area contributed by atoms with Crippen LogP contribution in [0.2, 0.25) is 0 Å². The molecule has 1 N–H and O–H groups in total. The smallest absolute Gasteiger partial charge is 0.254 e. The molecule has 1 saturated heterocycles. The molecule has 0 unspecified atom stereocenters. The van der Waals surface area contributed by atoms with Crippen molar-refractivity contribution in [3.05, 3.63) is 0 Å². The van der Waals surface area contributed by atoms with Gasteiger partial charge in [0.1, 0.15) is 0 Å². The van der Waals surface area contributed by atoms with Crippen LogP contribution in [-0.2, 0) is 4.79 Å². The number of carbonyl (C=O) groups is 1. The Balaban J connectivity index is 1.62. The van der Waals surface area contributed by atoms with Gasteiger partial charge in [-0.3, -0.25) is 9.69 Å². The van der Waals surface area contributed by atoms with Crippen molar-refractivity contribution in [3.8, 4) is 0 Å². The third-order valence-corrected chi connectivity index (χ3v) is 3.94. The summed E-state index contributed by atoms with van der Waals surface area (Å²) < 4.78 is 0. The molecule has 1 aliphatic heterocycles. The highest BCUT2D eigenvalue weighted by atomic mass is 16.2.